The summed E-state index contributed by atoms with van der Waals surface area (Å²) >= 11 is 0. The van der Waals surface area contributed by atoms with Gasteiger partial charge in [0, 0.05) is 17.9 Å². The SMILES string of the molecule is CCCCCC1CCC(C(F)(F)Cc2ccc(-c3ccc(-c4cc(F)c(OC(F)(F)F)c(F)c4)c(F)c3)cc2)CC1. The maximum Gasteiger partial charge on any atom is 0.573 e. The molecule has 1 saturated carbocycles. The Morgan fingerprint density at radius 1 is 0.707 bits per heavy atom. The summed E-state index contributed by atoms with van der Waals surface area (Å²) in [5.41, 5.74) is 0.853. The Morgan fingerprint density at radius 3 is 1.85 bits per heavy atom. The lowest BCUT2D eigenvalue weighted by atomic mass is 9.76. The van der Waals surface area contributed by atoms with Crippen LogP contribution in [0.25, 0.3) is 22.3 Å². The molecule has 9 heteroatoms. The zero-order valence-electron chi connectivity index (χ0n) is 22.6. The number of benzene rings is 3. The fraction of sp³-hybridized carbons (Fsp3) is 0.438. The smallest absolute Gasteiger partial charge is 0.399 e. The van der Waals surface area contributed by atoms with Gasteiger partial charge in [0.25, 0.3) is 5.92 Å². The molecule has 3 aromatic carbocycles. The van der Waals surface area contributed by atoms with Gasteiger partial charge in [0.15, 0.2) is 11.6 Å². The van der Waals surface area contributed by atoms with Gasteiger partial charge in [-0.3, -0.25) is 0 Å². The molecule has 0 amide bonds. The number of hydrogen-bond donors (Lipinski definition) is 0. The summed E-state index contributed by atoms with van der Waals surface area (Å²) < 4.78 is 114. The Balaban J connectivity index is 1.41. The van der Waals surface area contributed by atoms with E-state index >= 15 is 8.78 Å². The summed E-state index contributed by atoms with van der Waals surface area (Å²) in [6, 6.07) is 11.3. The lowest BCUT2D eigenvalue weighted by Crippen LogP contribution is -2.34. The Morgan fingerprint density at radius 2 is 1.29 bits per heavy atom. The van der Waals surface area contributed by atoms with Crippen molar-refractivity contribution >= 4 is 0 Å². The van der Waals surface area contributed by atoms with E-state index in [1.165, 1.54) is 18.6 Å². The summed E-state index contributed by atoms with van der Waals surface area (Å²) in [6.07, 6.45) is 1.67. The zero-order chi connectivity index (χ0) is 29.8. The molecule has 0 bridgehead atoms. The van der Waals surface area contributed by atoms with Crippen molar-refractivity contribution in [1.29, 1.82) is 0 Å². The predicted octanol–water partition coefficient (Wildman–Crippen LogP) is 10.9. The number of hydrogen-bond acceptors (Lipinski definition) is 1. The van der Waals surface area contributed by atoms with E-state index in [4.69, 9.17) is 0 Å². The van der Waals surface area contributed by atoms with Crippen LogP contribution in [0.4, 0.5) is 35.1 Å². The molecule has 1 nitrogen and oxygen atoms in total. The molecule has 4 rings (SSSR count). The first kappa shape index (κ1) is 30.8. The van der Waals surface area contributed by atoms with Crippen LogP contribution in [-0.4, -0.2) is 12.3 Å². The minimum Gasteiger partial charge on any atom is -0.399 e. The van der Waals surface area contributed by atoms with E-state index in [9.17, 15) is 26.3 Å². The zero-order valence-corrected chi connectivity index (χ0v) is 22.6. The Bertz CT molecular complexity index is 1290. The first-order chi connectivity index (χ1) is 19.4. The highest BCUT2D eigenvalue weighted by atomic mass is 19.4. The largest absolute Gasteiger partial charge is 0.573 e. The van der Waals surface area contributed by atoms with E-state index in [0.29, 0.717) is 47.6 Å². The Labute approximate surface area is 234 Å². The van der Waals surface area contributed by atoms with Gasteiger partial charge in [-0.25, -0.2) is 22.0 Å². The van der Waals surface area contributed by atoms with Gasteiger partial charge in [-0.05, 0) is 72.1 Å². The van der Waals surface area contributed by atoms with Gasteiger partial charge in [0.1, 0.15) is 5.82 Å². The highest BCUT2D eigenvalue weighted by Gasteiger charge is 2.41. The third-order valence-electron chi connectivity index (χ3n) is 7.88. The second-order valence-electron chi connectivity index (χ2n) is 10.9. The lowest BCUT2D eigenvalue weighted by Gasteiger charge is -2.34. The minimum absolute atomic E-state index is 0.235. The van der Waals surface area contributed by atoms with E-state index in [2.05, 4.69) is 11.7 Å². The standard InChI is InChI=1S/C32H32F8O/c1-2-3-4-5-20-8-13-25(14-9-20)31(36,37)19-21-6-10-22(11-7-21)23-12-15-26(27(33)16-23)24-17-28(34)30(29(35)18-24)41-32(38,39)40/h6-7,10-12,15-18,20,25H,2-5,8-9,13-14,19H2,1H3. The quantitative estimate of drug-likeness (QED) is 0.170. The van der Waals surface area contributed by atoms with Crippen molar-refractivity contribution in [2.45, 2.75) is 77.0 Å². The molecular formula is C32H32F8O. The molecule has 41 heavy (non-hydrogen) atoms. The minimum atomic E-state index is -5.30. The lowest BCUT2D eigenvalue weighted by molar-refractivity contribution is -0.276. The van der Waals surface area contributed by atoms with Crippen LogP contribution in [0.3, 0.4) is 0 Å². The molecule has 3 aromatic rings. The highest BCUT2D eigenvalue weighted by Crippen LogP contribution is 2.42. The molecule has 0 N–H and O–H groups in total. The predicted molar refractivity (Wildman–Crippen MR) is 142 cm³/mol. The summed E-state index contributed by atoms with van der Waals surface area (Å²) in [4.78, 5) is 0. The van der Waals surface area contributed by atoms with Crippen LogP contribution >= 0.6 is 0 Å². The Hall–Kier alpha value is -3.10. The molecule has 0 saturated heterocycles. The van der Waals surface area contributed by atoms with Gasteiger partial charge >= 0.3 is 6.36 Å². The van der Waals surface area contributed by atoms with Crippen LogP contribution < -0.4 is 4.74 Å². The van der Waals surface area contributed by atoms with Crippen molar-refractivity contribution in [3.63, 3.8) is 0 Å². The maximum absolute atomic E-state index is 15.1. The maximum atomic E-state index is 15.1. The van der Waals surface area contributed by atoms with Gasteiger partial charge < -0.3 is 4.74 Å². The number of rotatable bonds is 10. The first-order valence-electron chi connectivity index (χ1n) is 13.9. The molecule has 0 aliphatic heterocycles. The van der Waals surface area contributed by atoms with Crippen LogP contribution in [0, 0.1) is 29.3 Å². The summed E-state index contributed by atoms with van der Waals surface area (Å²) in [7, 11) is 0. The second kappa shape index (κ2) is 12.8. The topological polar surface area (TPSA) is 9.23 Å². The van der Waals surface area contributed by atoms with Crippen molar-refractivity contribution in [2.24, 2.45) is 11.8 Å². The van der Waals surface area contributed by atoms with Crippen molar-refractivity contribution in [3.05, 3.63) is 77.6 Å². The van der Waals surface area contributed by atoms with Gasteiger partial charge in [0.2, 0.25) is 5.75 Å². The van der Waals surface area contributed by atoms with Crippen LogP contribution in [-0.2, 0) is 6.42 Å². The van der Waals surface area contributed by atoms with E-state index < -0.39 is 41.4 Å². The van der Waals surface area contributed by atoms with Crippen molar-refractivity contribution < 1.29 is 39.9 Å². The molecule has 0 heterocycles. The summed E-state index contributed by atoms with van der Waals surface area (Å²) in [6.45, 7) is 2.15. The fourth-order valence-corrected chi connectivity index (χ4v) is 5.65. The third kappa shape index (κ3) is 8.01. The third-order valence-corrected chi connectivity index (χ3v) is 7.88. The van der Waals surface area contributed by atoms with Crippen LogP contribution in [0.2, 0.25) is 0 Å². The van der Waals surface area contributed by atoms with E-state index in [1.54, 1.807) is 24.3 Å². The van der Waals surface area contributed by atoms with Gasteiger partial charge in [-0.2, -0.15) is 0 Å². The van der Waals surface area contributed by atoms with Crippen LogP contribution in [0.5, 0.6) is 5.75 Å². The van der Waals surface area contributed by atoms with Crippen molar-refractivity contribution in [3.8, 4) is 28.0 Å². The monoisotopic (exact) mass is 584 g/mol. The van der Waals surface area contributed by atoms with E-state index in [-0.39, 0.29) is 17.5 Å². The molecule has 0 radical (unpaired) electrons. The molecule has 0 atom stereocenters. The normalized spacial score (nSPS) is 18.0. The second-order valence-corrected chi connectivity index (χ2v) is 10.9. The summed E-state index contributed by atoms with van der Waals surface area (Å²) in [5, 5.41) is 0. The van der Waals surface area contributed by atoms with E-state index in [0.717, 1.165) is 38.2 Å². The van der Waals surface area contributed by atoms with E-state index in [1.807, 2.05) is 0 Å². The summed E-state index contributed by atoms with van der Waals surface area (Å²) in [5.74, 6) is -8.68. The van der Waals surface area contributed by atoms with Crippen molar-refractivity contribution in [2.75, 3.05) is 0 Å². The molecule has 1 aliphatic rings. The average molecular weight is 585 g/mol. The molecular weight excluding hydrogens is 552 g/mol. The fourth-order valence-electron chi connectivity index (χ4n) is 5.65. The van der Waals surface area contributed by atoms with Crippen LogP contribution in [0.1, 0.15) is 63.9 Å². The van der Waals surface area contributed by atoms with Gasteiger partial charge in [-0.15, -0.1) is 13.2 Å². The Kier molecular flexibility index (Phi) is 9.65. The van der Waals surface area contributed by atoms with Gasteiger partial charge in [0.05, 0.1) is 0 Å². The number of ether oxygens (including phenoxy) is 1. The molecule has 0 unspecified atom stereocenters. The number of alkyl halides is 5. The van der Waals surface area contributed by atoms with Crippen LogP contribution in [0.15, 0.2) is 54.6 Å². The molecule has 1 fully saturated rings. The first-order valence-corrected chi connectivity index (χ1v) is 13.9. The molecule has 0 spiro atoms. The molecule has 222 valence electrons. The average Bonchev–Trinajstić information content (AvgIpc) is 2.91. The number of halogens is 8. The molecule has 1 aliphatic carbocycles. The molecule has 0 aromatic heterocycles. The highest BCUT2D eigenvalue weighted by molar-refractivity contribution is 5.71. The van der Waals surface area contributed by atoms with Crippen molar-refractivity contribution in [1.82, 2.24) is 0 Å². The number of unbranched alkanes of at least 4 members (excludes halogenated alkanes) is 2. The van der Waals surface area contributed by atoms with Gasteiger partial charge in [-0.1, -0.05) is 69.0 Å².